The average molecular weight is 481 g/mol. The van der Waals surface area contributed by atoms with Gasteiger partial charge in [-0.2, -0.15) is 0 Å². The van der Waals surface area contributed by atoms with Gasteiger partial charge in [-0.25, -0.2) is 4.98 Å². The Morgan fingerprint density at radius 2 is 1.94 bits per heavy atom. The summed E-state index contributed by atoms with van der Waals surface area (Å²) < 4.78 is 0.948. The zero-order valence-corrected chi connectivity index (χ0v) is 19.3. The lowest BCUT2D eigenvalue weighted by molar-refractivity contribution is -0.132. The second kappa shape index (κ2) is 8.16. The molecule has 1 aliphatic rings. The summed E-state index contributed by atoms with van der Waals surface area (Å²) in [6.45, 7) is 2.08. The molecule has 0 saturated carbocycles. The lowest BCUT2D eigenvalue weighted by Crippen LogP contribution is -2.28. The normalized spacial score (nSPS) is 18.1. The van der Waals surface area contributed by atoms with Gasteiger partial charge >= 0.3 is 5.91 Å². The van der Waals surface area contributed by atoms with Crippen molar-refractivity contribution in [1.82, 2.24) is 4.98 Å². The Bertz CT molecular complexity index is 1370. The second-order valence-electron chi connectivity index (χ2n) is 7.34. The zero-order chi connectivity index (χ0) is 22.4. The number of nitrogens with zero attached hydrogens (tertiary/aromatic N) is 2. The molecule has 8 heteroatoms. The number of thiophene rings is 1. The number of aryl methyl sites for hydroxylation is 1. The number of carbonyl (C=O) groups is 2. The lowest BCUT2D eigenvalue weighted by Gasteiger charge is -2.21. The Kier molecular flexibility index (Phi) is 5.33. The molecule has 0 bridgehead atoms. The molecular weight excluding hydrogens is 464 g/mol. The minimum absolute atomic E-state index is 0.0493. The average Bonchev–Trinajstić information content (AvgIpc) is 3.52. The molecule has 4 aromatic rings. The molecule has 0 spiro atoms. The standard InChI is InChI=1S/C24H17ClN2O3S2/c1-2-13-5-10-16-18(12-13)32-24(26-16)27-20(17-4-3-11-31-17)19(22(29)23(27)30)21(28)14-6-8-15(25)9-7-14/h3-12,20,28H,2H2,1H3/t20-/m1/s1. The number of carbonyl (C=O) groups excluding carboxylic acids is 2. The highest BCUT2D eigenvalue weighted by molar-refractivity contribution is 7.22. The number of aliphatic hydroxyl groups is 1. The van der Waals surface area contributed by atoms with Crippen LogP contribution in [0.4, 0.5) is 5.13 Å². The van der Waals surface area contributed by atoms with Crippen LogP contribution in [0.5, 0.6) is 0 Å². The number of hydrogen-bond donors (Lipinski definition) is 1. The highest BCUT2D eigenvalue weighted by atomic mass is 35.5. The van der Waals surface area contributed by atoms with E-state index in [1.54, 1.807) is 24.3 Å². The molecular formula is C24H17ClN2O3S2. The van der Waals surface area contributed by atoms with Crippen molar-refractivity contribution in [3.8, 4) is 0 Å². The van der Waals surface area contributed by atoms with Crippen LogP contribution in [0.15, 0.2) is 65.6 Å². The van der Waals surface area contributed by atoms with E-state index in [1.165, 1.54) is 33.1 Å². The third-order valence-electron chi connectivity index (χ3n) is 5.43. The summed E-state index contributed by atoms with van der Waals surface area (Å²) >= 11 is 8.75. The Balaban J connectivity index is 1.69. The Morgan fingerprint density at radius 3 is 2.62 bits per heavy atom. The Hall–Kier alpha value is -3.00. The maximum absolute atomic E-state index is 13.2. The van der Waals surface area contributed by atoms with Gasteiger partial charge in [0.15, 0.2) is 5.13 Å². The van der Waals surface area contributed by atoms with E-state index >= 15 is 0 Å². The quantitative estimate of drug-likeness (QED) is 0.214. The SMILES string of the molecule is CCc1ccc2nc(N3C(=O)C(=O)C(=C(O)c4ccc(Cl)cc4)[C@H]3c3cccs3)sc2c1. The van der Waals surface area contributed by atoms with E-state index in [9.17, 15) is 14.7 Å². The topological polar surface area (TPSA) is 70.5 Å². The minimum atomic E-state index is -0.753. The second-order valence-corrected chi connectivity index (χ2v) is 9.77. The Labute approximate surface area is 197 Å². The van der Waals surface area contributed by atoms with Crippen LogP contribution in [-0.4, -0.2) is 21.8 Å². The fourth-order valence-electron chi connectivity index (χ4n) is 3.79. The van der Waals surface area contributed by atoms with E-state index in [0.717, 1.165) is 21.5 Å². The summed E-state index contributed by atoms with van der Waals surface area (Å²) in [6.07, 6.45) is 0.893. The number of ketones is 1. The maximum atomic E-state index is 13.2. The summed E-state index contributed by atoms with van der Waals surface area (Å²) in [5, 5.41) is 13.9. The van der Waals surface area contributed by atoms with Crippen LogP contribution in [0, 0.1) is 0 Å². The van der Waals surface area contributed by atoms with Crippen LogP contribution >= 0.6 is 34.3 Å². The van der Waals surface area contributed by atoms with Gasteiger partial charge in [0.1, 0.15) is 11.8 Å². The highest BCUT2D eigenvalue weighted by Gasteiger charge is 2.48. The first-order chi connectivity index (χ1) is 15.5. The molecule has 0 radical (unpaired) electrons. The minimum Gasteiger partial charge on any atom is -0.507 e. The molecule has 2 aromatic carbocycles. The van der Waals surface area contributed by atoms with Crippen LogP contribution < -0.4 is 4.90 Å². The molecule has 160 valence electrons. The van der Waals surface area contributed by atoms with Crippen LogP contribution in [0.2, 0.25) is 5.02 Å². The third kappa shape index (κ3) is 3.43. The first kappa shape index (κ1) is 20.9. The molecule has 3 heterocycles. The molecule has 5 rings (SSSR count). The number of anilines is 1. The van der Waals surface area contributed by atoms with Crippen molar-refractivity contribution in [2.24, 2.45) is 0 Å². The van der Waals surface area contributed by atoms with Crippen molar-refractivity contribution in [2.45, 2.75) is 19.4 Å². The summed E-state index contributed by atoms with van der Waals surface area (Å²) in [5.74, 6) is -1.66. The van der Waals surface area contributed by atoms with Crippen molar-refractivity contribution >= 4 is 67.1 Å². The molecule has 1 fully saturated rings. The fourth-order valence-corrected chi connectivity index (χ4v) is 5.79. The van der Waals surface area contributed by atoms with Crippen molar-refractivity contribution in [1.29, 1.82) is 0 Å². The largest absolute Gasteiger partial charge is 0.507 e. The van der Waals surface area contributed by atoms with E-state index in [0.29, 0.717) is 15.7 Å². The molecule has 32 heavy (non-hydrogen) atoms. The van der Waals surface area contributed by atoms with Gasteiger partial charge in [0.25, 0.3) is 5.78 Å². The molecule has 1 N–H and O–H groups in total. The predicted molar refractivity (Wildman–Crippen MR) is 130 cm³/mol. The van der Waals surface area contributed by atoms with Crippen molar-refractivity contribution in [2.75, 3.05) is 4.90 Å². The van der Waals surface area contributed by atoms with Crippen molar-refractivity contribution in [3.63, 3.8) is 0 Å². The smallest absolute Gasteiger partial charge is 0.301 e. The number of thiazole rings is 1. The highest BCUT2D eigenvalue weighted by Crippen LogP contribution is 2.45. The van der Waals surface area contributed by atoms with Gasteiger partial charge < -0.3 is 5.11 Å². The molecule has 1 saturated heterocycles. The maximum Gasteiger partial charge on any atom is 0.301 e. The van der Waals surface area contributed by atoms with Crippen molar-refractivity contribution in [3.05, 3.63) is 86.6 Å². The number of benzene rings is 2. The van der Waals surface area contributed by atoms with E-state index < -0.39 is 17.7 Å². The molecule has 5 nitrogen and oxygen atoms in total. The third-order valence-corrected chi connectivity index (χ3v) is 7.62. The van der Waals surface area contributed by atoms with Gasteiger partial charge in [0.2, 0.25) is 0 Å². The van der Waals surface area contributed by atoms with Gasteiger partial charge in [-0.1, -0.05) is 42.0 Å². The number of fused-ring (bicyclic) bond motifs is 1. The molecule has 0 aliphatic carbocycles. The number of Topliss-reactive ketones (excluding diaryl/α,β-unsaturated/α-hetero) is 1. The van der Waals surface area contributed by atoms with E-state index in [2.05, 4.69) is 18.0 Å². The Morgan fingerprint density at radius 1 is 1.16 bits per heavy atom. The first-order valence-electron chi connectivity index (χ1n) is 9.97. The van der Waals surface area contributed by atoms with Gasteiger partial charge in [-0.3, -0.25) is 14.5 Å². The molecule has 0 unspecified atom stereocenters. The number of amides is 1. The van der Waals surface area contributed by atoms with E-state index in [-0.39, 0.29) is 11.3 Å². The van der Waals surface area contributed by atoms with Crippen molar-refractivity contribution < 1.29 is 14.7 Å². The zero-order valence-electron chi connectivity index (χ0n) is 16.9. The monoisotopic (exact) mass is 480 g/mol. The molecule has 1 atom stereocenters. The summed E-state index contributed by atoms with van der Waals surface area (Å²) in [7, 11) is 0. The van der Waals surface area contributed by atoms with Crippen LogP contribution in [0.1, 0.15) is 29.0 Å². The molecule has 1 amide bonds. The number of aliphatic hydroxyl groups excluding tert-OH is 1. The van der Waals surface area contributed by atoms with Gasteiger partial charge in [0.05, 0.1) is 15.8 Å². The number of rotatable bonds is 4. The van der Waals surface area contributed by atoms with E-state index in [1.807, 2.05) is 29.6 Å². The summed E-state index contributed by atoms with van der Waals surface area (Å²) in [6, 6.07) is 15.5. The number of aromatic nitrogens is 1. The first-order valence-corrected chi connectivity index (χ1v) is 12.0. The van der Waals surface area contributed by atoms with Gasteiger partial charge in [-0.05, 0) is 59.8 Å². The van der Waals surface area contributed by atoms with Crippen LogP contribution in [-0.2, 0) is 16.0 Å². The predicted octanol–water partition coefficient (Wildman–Crippen LogP) is 6.20. The number of halogens is 1. The van der Waals surface area contributed by atoms with Gasteiger partial charge in [-0.15, -0.1) is 11.3 Å². The van der Waals surface area contributed by atoms with Gasteiger partial charge in [0, 0.05) is 15.5 Å². The van der Waals surface area contributed by atoms with E-state index in [4.69, 9.17) is 11.6 Å². The number of hydrogen-bond acceptors (Lipinski definition) is 6. The lowest BCUT2D eigenvalue weighted by atomic mass is 10.00. The van der Waals surface area contributed by atoms with Crippen LogP contribution in [0.25, 0.3) is 16.0 Å². The molecule has 1 aliphatic heterocycles. The molecule has 2 aromatic heterocycles. The summed E-state index contributed by atoms with van der Waals surface area (Å²) in [4.78, 5) is 33.2. The fraction of sp³-hybridized carbons (Fsp3) is 0.125. The van der Waals surface area contributed by atoms with Crippen LogP contribution in [0.3, 0.4) is 0 Å². The summed E-state index contributed by atoms with van der Waals surface area (Å²) in [5.41, 5.74) is 2.41.